The molecule has 8 nitrogen and oxygen atoms in total. The van der Waals surface area contributed by atoms with Gasteiger partial charge in [0.1, 0.15) is 37.0 Å². The summed E-state index contributed by atoms with van der Waals surface area (Å²) in [5, 5.41) is 13.1. The monoisotopic (exact) mass is 364 g/mol. The zero-order chi connectivity index (χ0) is 18.7. The minimum atomic E-state index is -1.14. The Morgan fingerprint density at radius 1 is 1.31 bits per heavy atom. The van der Waals surface area contributed by atoms with Gasteiger partial charge in [-0.2, -0.15) is 0 Å². The van der Waals surface area contributed by atoms with E-state index in [4.69, 9.17) is 9.47 Å². The molecule has 3 rings (SSSR count). The number of nitrogens with zero attached hydrogens (tertiary/aromatic N) is 1. The van der Waals surface area contributed by atoms with Gasteiger partial charge in [-0.15, -0.1) is 0 Å². The van der Waals surface area contributed by atoms with E-state index in [2.05, 4.69) is 5.32 Å². The van der Waals surface area contributed by atoms with E-state index in [0.717, 1.165) is 18.0 Å². The van der Waals surface area contributed by atoms with Crippen molar-refractivity contribution >= 4 is 11.9 Å². The molecule has 1 aromatic carbocycles. The third-order valence-corrected chi connectivity index (χ3v) is 5.06. The summed E-state index contributed by atoms with van der Waals surface area (Å²) in [7, 11) is 1.57. The number of amides is 3. The minimum absolute atomic E-state index is 0.0131. The van der Waals surface area contributed by atoms with Gasteiger partial charge < -0.3 is 24.8 Å². The molecule has 2 atom stereocenters. The summed E-state index contributed by atoms with van der Waals surface area (Å²) in [6.07, 6.45) is -0.768. The van der Waals surface area contributed by atoms with Crippen LogP contribution in [0.3, 0.4) is 0 Å². The lowest BCUT2D eigenvalue weighted by Gasteiger charge is -2.27. The summed E-state index contributed by atoms with van der Waals surface area (Å²) in [6.45, 7) is 5.12. The summed E-state index contributed by atoms with van der Waals surface area (Å²) < 4.78 is 10.4. The Kier molecular flexibility index (Phi) is 5.45. The number of carbonyl (C=O) groups excluding carboxylic acids is 2. The first-order valence-electron chi connectivity index (χ1n) is 8.82. The smallest absolute Gasteiger partial charge is 0.325 e. The molecule has 0 spiro atoms. The molecule has 0 aromatic heterocycles. The molecule has 3 amide bonds. The molecule has 2 saturated heterocycles. The number of aliphatic hydroxyl groups is 1. The second-order valence-electron chi connectivity index (χ2n) is 6.92. The number of carbonyl (C=O) groups is 2. The number of β-amino-alcohol motifs (C(OH)–C–C–N with tert-alkyl or cyclic N) is 1. The van der Waals surface area contributed by atoms with Gasteiger partial charge >= 0.3 is 6.03 Å². The number of aliphatic hydroxyl groups excluding tert-OH is 1. The Bertz CT molecular complexity index is 659. The van der Waals surface area contributed by atoms with E-state index in [1.807, 2.05) is 0 Å². The number of rotatable bonds is 6. The molecule has 0 unspecified atom stereocenters. The number of morpholine rings is 1. The molecule has 0 aliphatic carbocycles. The van der Waals surface area contributed by atoms with Gasteiger partial charge in [-0.05, 0) is 24.6 Å². The van der Waals surface area contributed by atoms with E-state index < -0.39 is 17.7 Å². The third-order valence-electron chi connectivity index (χ3n) is 5.06. The van der Waals surface area contributed by atoms with Crippen molar-refractivity contribution in [3.05, 3.63) is 29.8 Å². The predicted octanol–water partition coefficient (Wildman–Crippen LogP) is -1.26. The number of hydrogen-bond donors (Lipinski definition) is 3. The fraction of sp³-hybridized carbons (Fsp3) is 0.556. The molecule has 2 aliphatic rings. The van der Waals surface area contributed by atoms with Crippen LogP contribution in [0.1, 0.15) is 12.5 Å². The maximum absolute atomic E-state index is 12.9. The van der Waals surface area contributed by atoms with Crippen molar-refractivity contribution in [1.29, 1.82) is 0 Å². The molecular formula is C18H26N3O5+. The standard InChI is InChI=1S/C18H25N3O5/c1-18(13-3-5-15(25-2)6-4-13)16(23)21(17(24)19-18)12-14(22)11-20-7-9-26-10-8-20/h3-6,14,22H,7-12H2,1-2H3,(H,19,24)/p+1/t14-,18+/m1/s1. The van der Waals surface area contributed by atoms with E-state index in [9.17, 15) is 14.7 Å². The Labute approximate surface area is 152 Å². The lowest BCUT2D eigenvalue weighted by Crippen LogP contribution is -3.15. The SMILES string of the molecule is COc1ccc([C@]2(C)NC(=O)N(C[C@H](O)C[NH+]3CCOCC3)C2=O)cc1. The number of benzene rings is 1. The van der Waals surface area contributed by atoms with E-state index in [0.29, 0.717) is 31.1 Å². The summed E-state index contributed by atoms with van der Waals surface area (Å²) in [6, 6.07) is 6.53. The highest BCUT2D eigenvalue weighted by molar-refractivity contribution is 6.07. The fourth-order valence-corrected chi connectivity index (χ4v) is 3.46. The van der Waals surface area contributed by atoms with Gasteiger partial charge in [0.15, 0.2) is 0 Å². The van der Waals surface area contributed by atoms with Gasteiger partial charge in [0.05, 0.1) is 26.9 Å². The molecule has 8 heteroatoms. The maximum atomic E-state index is 12.9. The topological polar surface area (TPSA) is 92.5 Å². The van der Waals surface area contributed by atoms with E-state index in [-0.39, 0.29) is 12.5 Å². The Morgan fingerprint density at radius 3 is 2.58 bits per heavy atom. The second-order valence-corrected chi connectivity index (χ2v) is 6.92. The van der Waals surface area contributed by atoms with Crippen LogP contribution < -0.4 is 15.0 Å². The van der Waals surface area contributed by atoms with Crippen LogP contribution in [0.2, 0.25) is 0 Å². The number of urea groups is 1. The van der Waals surface area contributed by atoms with Gasteiger partial charge in [0.25, 0.3) is 5.91 Å². The summed E-state index contributed by atoms with van der Waals surface area (Å²) in [4.78, 5) is 27.6. The number of imide groups is 1. The first-order chi connectivity index (χ1) is 12.4. The van der Waals surface area contributed by atoms with Crippen molar-refractivity contribution in [2.75, 3.05) is 46.5 Å². The van der Waals surface area contributed by atoms with Crippen molar-refractivity contribution in [3.63, 3.8) is 0 Å². The molecular weight excluding hydrogens is 338 g/mol. The first kappa shape index (κ1) is 18.6. The van der Waals surface area contributed by atoms with Crippen LogP contribution in [0.15, 0.2) is 24.3 Å². The lowest BCUT2D eigenvalue weighted by molar-refractivity contribution is -0.910. The Balaban J connectivity index is 1.67. The molecule has 1 aromatic rings. The van der Waals surface area contributed by atoms with E-state index >= 15 is 0 Å². The van der Waals surface area contributed by atoms with Gasteiger partial charge in [-0.25, -0.2) is 4.79 Å². The molecule has 26 heavy (non-hydrogen) atoms. The van der Waals surface area contributed by atoms with Crippen molar-refractivity contribution in [3.8, 4) is 5.75 Å². The van der Waals surface area contributed by atoms with Gasteiger partial charge in [-0.1, -0.05) is 12.1 Å². The normalized spacial score (nSPS) is 25.3. The van der Waals surface area contributed by atoms with Gasteiger partial charge in [0, 0.05) is 0 Å². The maximum Gasteiger partial charge on any atom is 0.325 e. The van der Waals surface area contributed by atoms with Crippen molar-refractivity contribution in [2.24, 2.45) is 0 Å². The molecule has 0 bridgehead atoms. The van der Waals surface area contributed by atoms with Crippen LogP contribution in [0, 0.1) is 0 Å². The zero-order valence-electron chi connectivity index (χ0n) is 15.2. The van der Waals surface area contributed by atoms with Crippen LogP contribution in [0.5, 0.6) is 5.75 Å². The number of nitrogens with one attached hydrogen (secondary N) is 2. The first-order valence-corrected chi connectivity index (χ1v) is 8.82. The van der Waals surface area contributed by atoms with E-state index in [1.165, 1.54) is 4.90 Å². The van der Waals surface area contributed by atoms with E-state index in [1.54, 1.807) is 38.3 Å². The molecule has 0 saturated carbocycles. The molecule has 2 heterocycles. The van der Waals surface area contributed by atoms with Crippen molar-refractivity contribution in [1.82, 2.24) is 10.2 Å². The summed E-state index contributed by atoms with van der Waals surface area (Å²) >= 11 is 0. The molecule has 2 aliphatic heterocycles. The molecule has 142 valence electrons. The van der Waals surface area contributed by atoms with Gasteiger partial charge in [-0.3, -0.25) is 9.69 Å². The van der Waals surface area contributed by atoms with Crippen LogP contribution in [0.25, 0.3) is 0 Å². The van der Waals surface area contributed by atoms with Crippen LogP contribution in [0.4, 0.5) is 4.79 Å². The average molecular weight is 364 g/mol. The molecule has 0 radical (unpaired) electrons. The van der Waals surface area contributed by atoms with Crippen molar-refractivity contribution < 1.29 is 29.1 Å². The third kappa shape index (κ3) is 3.67. The van der Waals surface area contributed by atoms with Crippen LogP contribution >= 0.6 is 0 Å². The molecule has 2 fully saturated rings. The van der Waals surface area contributed by atoms with Gasteiger partial charge in [0.2, 0.25) is 0 Å². The molecule has 3 N–H and O–H groups in total. The Morgan fingerprint density at radius 2 is 1.96 bits per heavy atom. The zero-order valence-corrected chi connectivity index (χ0v) is 15.2. The predicted molar refractivity (Wildman–Crippen MR) is 93.0 cm³/mol. The van der Waals surface area contributed by atoms with Crippen molar-refractivity contribution in [2.45, 2.75) is 18.6 Å². The number of hydrogen-bond acceptors (Lipinski definition) is 5. The highest BCUT2D eigenvalue weighted by Crippen LogP contribution is 2.30. The minimum Gasteiger partial charge on any atom is -0.497 e. The number of quaternary nitrogens is 1. The second kappa shape index (κ2) is 7.61. The van der Waals surface area contributed by atoms with Crippen LogP contribution in [-0.2, 0) is 15.1 Å². The summed E-state index contributed by atoms with van der Waals surface area (Å²) in [5.74, 6) is 0.318. The number of ether oxygens (including phenoxy) is 2. The lowest BCUT2D eigenvalue weighted by atomic mass is 9.92. The fourth-order valence-electron chi connectivity index (χ4n) is 3.46. The quantitative estimate of drug-likeness (QED) is 0.548. The number of methoxy groups -OCH3 is 1. The summed E-state index contributed by atoms with van der Waals surface area (Å²) in [5.41, 5.74) is -0.470. The van der Waals surface area contributed by atoms with Crippen LogP contribution in [-0.4, -0.2) is 74.6 Å². The largest absolute Gasteiger partial charge is 0.497 e. The average Bonchev–Trinajstić information content (AvgIpc) is 2.86. The highest BCUT2D eigenvalue weighted by atomic mass is 16.5. The highest BCUT2D eigenvalue weighted by Gasteiger charge is 2.49. The Hall–Kier alpha value is -2.16.